The molecule has 0 fully saturated rings. The highest BCUT2D eigenvalue weighted by atomic mass is 16.6. The van der Waals surface area contributed by atoms with Crippen LogP contribution in [0.2, 0.25) is 0 Å². The summed E-state index contributed by atoms with van der Waals surface area (Å²) in [5.41, 5.74) is 1.45. The van der Waals surface area contributed by atoms with Crippen LogP contribution in [0.3, 0.4) is 0 Å². The molecule has 3 aromatic rings. The number of para-hydroxylation sites is 2. The summed E-state index contributed by atoms with van der Waals surface area (Å²) >= 11 is 0. The maximum absolute atomic E-state index is 13.8. The highest BCUT2D eigenvalue weighted by Crippen LogP contribution is 2.45. The van der Waals surface area contributed by atoms with Crippen LogP contribution < -0.4 is 14.4 Å². The van der Waals surface area contributed by atoms with Crippen LogP contribution in [0, 0.1) is 10.1 Å². The summed E-state index contributed by atoms with van der Waals surface area (Å²) in [6.45, 7) is 4.06. The number of anilines is 1. The fraction of sp³-hybridized carbons (Fsp3) is 0.259. The second-order valence-corrected chi connectivity index (χ2v) is 8.40. The lowest BCUT2D eigenvalue weighted by molar-refractivity contribution is -0.385. The average molecular weight is 475 g/mol. The van der Waals surface area contributed by atoms with Crippen LogP contribution in [-0.2, 0) is 11.2 Å². The molecule has 1 amide bonds. The number of nitrogens with zero attached hydrogens (tertiary/aromatic N) is 2. The standard InChI is InChI=1S/C27H26N2O6/c1-3-4-15-28-22-7-5-6-8-23(22)35-25-17-20(29(32)33)16-24(26(25)27(28)31)34-21-13-11-19(12-14-21)10-9-18(2)30/h5-8,11-14,16-17H,3-4,9-10,15H2,1-2H3. The second kappa shape index (κ2) is 10.4. The number of unbranched alkanes of at least 4 members (excludes halogenated alkanes) is 1. The second-order valence-electron chi connectivity index (χ2n) is 8.40. The third kappa shape index (κ3) is 5.32. The van der Waals surface area contributed by atoms with Gasteiger partial charge in [-0.3, -0.25) is 14.9 Å². The fourth-order valence-electron chi connectivity index (χ4n) is 3.89. The van der Waals surface area contributed by atoms with Gasteiger partial charge in [0.2, 0.25) is 0 Å². The number of hydrogen-bond donors (Lipinski definition) is 0. The van der Waals surface area contributed by atoms with Crippen LogP contribution in [0.4, 0.5) is 11.4 Å². The highest BCUT2D eigenvalue weighted by Gasteiger charge is 2.33. The zero-order chi connectivity index (χ0) is 24.9. The molecule has 0 bridgehead atoms. The molecule has 0 spiro atoms. The van der Waals surface area contributed by atoms with Crippen molar-refractivity contribution in [3.8, 4) is 23.0 Å². The summed E-state index contributed by atoms with van der Waals surface area (Å²) in [6, 6.07) is 16.7. The minimum absolute atomic E-state index is 0.0463. The van der Waals surface area contributed by atoms with Crippen LogP contribution in [0.1, 0.15) is 49.0 Å². The van der Waals surface area contributed by atoms with Crippen molar-refractivity contribution in [1.82, 2.24) is 0 Å². The van der Waals surface area contributed by atoms with Gasteiger partial charge in [-0.25, -0.2) is 0 Å². The molecule has 8 heteroatoms. The van der Waals surface area contributed by atoms with E-state index in [1.807, 2.05) is 25.1 Å². The first-order valence-electron chi connectivity index (χ1n) is 11.5. The minimum atomic E-state index is -0.544. The van der Waals surface area contributed by atoms with Crippen molar-refractivity contribution >= 4 is 23.1 Å². The van der Waals surface area contributed by atoms with Gasteiger partial charge in [-0.1, -0.05) is 37.6 Å². The molecule has 3 aromatic carbocycles. The van der Waals surface area contributed by atoms with Crippen molar-refractivity contribution in [2.24, 2.45) is 0 Å². The lowest BCUT2D eigenvalue weighted by Crippen LogP contribution is -2.31. The first-order valence-corrected chi connectivity index (χ1v) is 11.5. The van der Waals surface area contributed by atoms with E-state index in [-0.39, 0.29) is 34.4 Å². The molecule has 8 nitrogen and oxygen atoms in total. The molecule has 0 atom stereocenters. The smallest absolute Gasteiger partial charge is 0.276 e. The first-order chi connectivity index (χ1) is 16.9. The van der Waals surface area contributed by atoms with Crippen LogP contribution in [0.25, 0.3) is 0 Å². The van der Waals surface area contributed by atoms with Crippen LogP contribution in [-0.4, -0.2) is 23.2 Å². The Morgan fingerprint density at radius 3 is 2.51 bits per heavy atom. The Morgan fingerprint density at radius 2 is 1.83 bits per heavy atom. The largest absolute Gasteiger partial charge is 0.456 e. The third-order valence-corrected chi connectivity index (χ3v) is 5.75. The van der Waals surface area contributed by atoms with E-state index in [4.69, 9.17) is 9.47 Å². The molecule has 0 aromatic heterocycles. The van der Waals surface area contributed by atoms with E-state index < -0.39 is 4.92 Å². The zero-order valence-electron chi connectivity index (χ0n) is 19.7. The van der Waals surface area contributed by atoms with Gasteiger partial charge >= 0.3 is 0 Å². The van der Waals surface area contributed by atoms with E-state index in [9.17, 15) is 19.7 Å². The molecule has 4 rings (SSSR count). The molecule has 1 aliphatic heterocycles. The van der Waals surface area contributed by atoms with Crippen molar-refractivity contribution in [2.75, 3.05) is 11.4 Å². The lowest BCUT2D eigenvalue weighted by atomic mass is 10.1. The SMILES string of the molecule is CCCCN1C(=O)c2c(Oc3ccc(CCC(C)=O)cc3)cc([N+](=O)[O-])cc2Oc2ccccc21. The Balaban J connectivity index is 1.76. The third-order valence-electron chi connectivity index (χ3n) is 5.75. The van der Waals surface area contributed by atoms with E-state index in [0.29, 0.717) is 36.6 Å². The molecular formula is C27H26N2O6. The number of rotatable bonds is 9. The molecule has 35 heavy (non-hydrogen) atoms. The summed E-state index contributed by atoms with van der Waals surface area (Å²) in [5, 5.41) is 11.7. The molecule has 1 heterocycles. The van der Waals surface area contributed by atoms with Gasteiger partial charge in [0.05, 0.1) is 22.7 Å². The Bertz CT molecular complexity index is 1270. The number of non-ortho nitro benzene ring substituents is 1. The van der Waals surface area contributed by atoms with Crippen LogP contribution in [0.5, 0.6) is 23.0 Å². The van der Waals surface area contributed by atoms with E-state index in [1.165, 1.54) is 12.1 Å². The summed E-state index contributed by atoms with van der Waals surface area (Å²) in [4.78, 5) is 37.8. The molecule has 180 valence electrons. The number of nitro groups is 1. The molecule has 0 aliphatic carbocycles. The van der Waals surface area contributed by atoms with Crippen molar-refractivity contribution < 1.29 is 24.0 Å². The fourth-order valence-corrected chi connectivity index (χ4v) is 3.89. The molecule has 0 saturated heterocycles. The number of hydrogen-bond acceptors (Lipinski definition) is 6. The number of aryl methyl sites for hydroxylation is 1. The topological polar surface area (TPSA) is 99.0 Å². The van der Waals surface area contributed by atoms with Gasteiger partial charge in [0.1, 0.15) is 17.1 Å². The predicted octanol–water partition coefficient (Wildman–Crippen LogP) is 6.46. The lowest BCUT2D eigenvalue weighted by Gasteiger charge is -2.22. The number of ether oxygens (including phenoxy) is 2. The van der Waals surface area contributed by atoms with E-state index in [0.717, 1.165) is 18.4 Å². The number of ketones is 1. The maximum Gasteiger partial charge on any atom is 0.276 e. The first kappa shape index (κ1) is 23.9. The van der Waals surface area contributed by atoms with Gasteiger partial charge in [-0.05, 0) is 49.6 Å². The van der Waals surface area contributed by atoms with Gasteiger partial charge in [0, 0.05) is 13.0 Å². The van der Waals surface area contributed by atoms with Gasteiger partial charge in [0.15, 0.2) is 17.2 Å². The number of benzene rings is 3. The molecule has 0 saturated carbocycles. The Morgan fingerprint density at radius 1 is 1.09 bits per heavy atom. The average Bonchev–Trinajstić information content (AvgIpc) is 2.96. The van der Waals surface area contributed by atoms with E-state index >= 15 is 0 Å². The number of carbonyl (C=O) groups is 2. The van der Waals surface area contributed by atoms with Gasteiger partial charge in [0.25, 0.3) is 11.6 Å². The Hall–Kier alpha value is -4.20. The van der Waals surface area contributed by atoms with Crippen molar-refractivity contribution in [3.05, 3.63) is 81.9 Å². The highest BCUT2D eigenvalue weighted by molar-refractivity contribution is 6.11. The number of amides is 1. The molecule has 0 unspecified atom stereocenters. The van der Waals surface area contributed by atoms with Gasteiger partial charge in [-0.15, -0.1) is 0 Å². The van der Waals surface area contributed by atoms with Crippen molar-refractivity contribution in [3.63, 3.8) is 0 Å². The van der Waals surface area contributed by atoms with Gasteiger partial charge in [-0.2, -0.15) is 0 Å². The summed E-state index contributed by atoms with van der Waals surface area (Å²) in [5.74, 6) is 0.734. The number of nitro benzene ring substituents is 1. The van der Waals surface area contributed by atoms with Crippen molar-refractivity contribution in [2.45, 2.75) is 39.5 Å². The van der Waals surface area contributed by atoms with Gasteiger partial charge < -0.3 is 19.2 Å². The summed E-state index contributed by atoms with van der Waals surface area (Å²) in [6.07, 6.45) is 2.72. The molecular weight excluding hydrogens is 448 g/mol. The van der Waals surface area contributed by atoms with E-state index in [2.05, 4.69) is 0 Å². The number of Topliss-reactive ketones (excluding diaryl/α,β-unsaturated/α-hetero) is 1. The monoisotopic (exact) mass is 474 g/mol. The van der Waals surface area contributed by atoms with E-state index in [1.54, 1.807) is 42.2 Å². The Kier molecular flexibility index (Phi) is 7.10. The summed E-state index contributed by atoms with van der Waals surface area (Å²) < 4.78 is 12.1. The van der Waals surface area contributed by atoms with Crippen LogP contribution in [0.15, 0.2) is 60.7 Å². The zero-order valence-corrected chi connectivity index (χ0v) is 19.7. The number of carbonyl (C=O) groups excluding carboxylic acids is 2. The molecule has 1 aliphatic rings. The molecule has 0 N–H and O–H groups in total. The summed E-state index contributed by atoms with van der Waals surface area (Å²) in [7, 11) is 0. The minimum Gasteiger partial charge on any atom is -0.456 e. The number of fused-ring (bicyclic) bond motifs is 2. The maximum atomic E-state index is 13.8. The molecule has 0 radical (unpaired) electrons. The predicted molar refractivity (Wildman–Crippen MR) is 132 cm³/mol. The normalized spacial score (nSPS) is 12.3. The quantitative estimate of drug-likeness (QED) is 0.261. The van der Waals surface area contributed by atoms with Crippen molar-refractivity contribution in [1.29, 1.82) is 0 Å². The Labute approximate surface area is 203 Å². The van der Waals surface area contributed by atoms with Crippen LogP contribution >= 0.6 is 0 Å².